The van der Waals surface area contributed by atoms with E-state index in [1.165, 1.54) is 4.80 Å². The van der Waals surface area contributed by atoms with Gasteiger partial charge in [-0.15, -0.1) is 10.2 Å². The predicted molar refractivity (Wildman–Crippen MR) is 62.5 cm³/mol. The van der Waals surface area contributed by atoms with Crippen LogP contribution in [0.3, 0.4) is 0 Å². The molecular formula is C12H14N4O. The quantitative estimate of drug-likeness (QED) is 0.729. The molecular weight excluding hydrogens is 216 g/mol. The van der Waals surface area contributed by atoms with E-state index < -0.39 is 0 Å². The summed E-state index contributed by atoms with van der Waals surface area (Å²) in [5.74, 6) is 0.850. The van der Waals surface area contributed by atoms with Gasteiger partial charge in [0.2, 0.25) is 0 Å². The molecule has 0 aliphatic carbocycles. The molecule has 0 saturated heterocycles. The maximum absolute atomic E-state index is 11.8. The summed E-state index contributed by atoms with van der Waals surface area (Å²) >= 11 is 0. The van der Waals surface area contributed by atoms with Gasteiger partial charge in [0.15, 0.2) is 11.6 Å². The van der Waals surface area contributed by atoms with Crippen LogP contribution in [0.25, 0.3) is 0 Å². The third-order valence-corrected chi connectivity index (χ3v) is 2.45. The topological polar surface area (TPSA) is 60.7 Å². The van der Waals surface area contributed by atoms with Crippen molar-refractivity contribution in [2.24, 2.45) is 7.05 Å². The van der Waals surface area contributed by atoms with Crippen LogP contribution in [-0.2, 0) is 13.5 Å². The predicted octanol–water partition coefficient (Wildman–Crippen LogP) is 1.42. The zero-order valence-electron chi connectivity index (χ0n) is 9.71. The summed E-state index contributed by atoms with van der Waals surface area (Å²) in [5, 5.41) is 11.7. The van der Waals surface area contributed by atoms with Crippen LogP contribution in [0, 0.1) is 0 Å². The second-order valence-electron chi connectivity index (χ2n) is 3.84. The van der Waals surface area contributed by atoms with Crippen LogP contribution >= 0.6 is 0 Å². The summed E-state index contributed by atoms with van der Waals surface area (Å²) in [7, 11) is 1.73. The van der Waals surface area contributed by atoms with Crippen molar-refractivity contribution in [1.29, 1.82) is 0 Å². The van der Waals surface area contributed by atoms with Crippen molar-refractivity contribution >= 4 is 5.78 Å². The minimum atomic E-state index is 0.162. The maximum Gasteiger partial charge on any atom is 0.174 e. The number of aryl methyl sites for hydroxylation is 2. The van der Waals surface area contributed by atoms with Crippen molar-refractivity contribution in [3.8, 4) is 0 Å². The van der Waals surface area contributed by atoms with Crippen LogP contribution in [0.1, 0.15) is 29.0 Å². The van der Waals surface area contributed by atoms with Crippen molar-refractivity contribution in [3.05, 3.63) is 41.7 Å². The van der Waals surface area contributed by atoms with Crippen LogP contribution in [0.2, 0.25) is 0 Å². The van der Waals surface area contributed by atoms with Crippen molar-refractivity contribution in [2.45, 2.75) is 19.3 Å². The van der Waals surface area contributed by atoms with Crippen molar-refractivity contribution in [2.75, 3.05) is 0 Å². The smallest absolute Gasteiger partial charge is 0.174 e. The van der Waals surface area contributed by atoms with E-state index in [-0.39, 0.29) is 5.78 Å². The van der Waals surface area contributed by atoms with Gasteiger partial charge < -0.3 is 0 Å². The molecule has 5 nitrogen and oxygen atoms in total. The van der Waals surface area contributed by atoms with Crippen molar-refractivity contribution in [3.63, 3.8) is 0 Å². The summed E-state index contributed by atoms with van der Waals surface area (Å²) in [6.45, 7) is 0. The first-order valence-electron chi connectivity index (χ1n) is 5.57. The fourth-order valence-electron chi connectivity index (χ4n) is 1.60. The Morgan fingerprint density at radius 1 is 1.29 bits per heavy atom. The molecule has 5 heteroatoms. The molecule has 1 aromatic carbocycles. The minimum Gasteiger partial charge on any atom is -0.294 e. The third-order valence-electron chi connectivity index (χ3n) is 2.45. The van der Waals surface area contributed by atoms with Gasteiger partial charge in [-0.05, 0) is 11.6 Å². The molecule has 0 bridgehead atoms. The number of hydrogen-bond donors (Lipinski definition) is 0. The Labute approximate surface area is 99.5 Å². The third kappa shape index (κ3) is 3.21. The Hall–Kier alpha value is -2.04. The Balaban J connectivity index is 1.81. The Morgan fingerprint density at radius 3 is 2.71 bits per heavy atom. The van der Waals surface area contributed by atoms with E-state index in [0.717, 1.165) is 12.0 Å². The van der Waals surface area contributed by atoms with E-state index in [1.807, 2.05) is 30.3 Å². The molecule has 0 aliphatic heterocycles. The van der Waals surface area contributed by atoms with Gasteiger partial charge in [0.25, 0.3) is 0 Å². The lowest BCUT2D eigenvalue weighted by Crippen LogP contribution is -2.00. The van der Waals surface area contributed by atoms with Gasteiger partial charge in [0, 0.05) is 18.4 Å². The van der Waals surface area contributed by atoms with E-state index in [1.54, 1.807) is 7.05 Å². The Kier molecular flexibility index (Phi) is 3.59. The number of tetrazole rings is 1. The number of ketones is 1. The monoisotopic (exact) mass is 230 g/mol. The molecule has 2 rings (SSSR count). The average Bonchev–Trinajstić information content (AvgIpc) is 2.76. The SMILES string of the molecule is Cn1nnc(CCCC(=O)c2ccccc2)n1. The molecule has 0 radical (unpaired) electrons. The largest absolute Gasteiger partial charge is 0.294 e. The van der Waals surface area contributed by atoms with E-state index in [0.29, 0.717) is 18.7 Å². The summed E-state index contributed by atoms with van der Waals surface area (Å²) < 4.78 is 0. The first-order valence-corrected chi connectivity index (χ1v) is 5.57. The van der Waals surface area contributed by atoms with Crippen LogP contribution < -0.4 is 0 Å². The van der Waals surface area contributed by atoms with Gasteiger partial charge in [-0.25, -0.2) is 0 Å². The lowest BCUT2D eigenvalue weighted by Gasteiger charge is -1.98. The normalized spacial score (nSPS) is 10.4. The van der Waals surface area contributed by atoms with Gasteiger partial charge in [0.05, 0.1) is 7.05 Å². The lowest BCUT2D eigenvalue weighted by molar-refractivity contribution is 0.0980. The number of hydrogen-bond acceptors (Lipinski definition) is 4. The van der Waals surface area contributed by atoms with Crippen LogP contribution in [-0.4, -0.2) is 26.0 Å². The zero-order valence-corrected chi connectivity index (χ0v) is 9.71. The fourth-order valence-corrected chi connectivity index (χ4v) is 1.60. The van der Waals surface area contributed by atoms with E-state index in [9.17, 15) is 4.79 Å². The number of Topliss-reactive ketones (excluding diaryl/α,β-unsaturated/α-hetero) is 1. The van der Waals surface area contributed by atoms with Gasteiger partial charge in [0.1, 0.15) is 0 Å². The number of carbonyl (C=O) groups is 1. The molecule has 0 fully saturated rings. The standard InChI is InChI=1S/C12H14N4O/c1-16-14-12(13-15-16)9-5-8-11(17)10-6-3-2-4-7-10/h2-4,6-7H,5,8-9H2,1H3. The van der Waals surface area contributed by atoms with Gasteiger partial charge >= 0.3 is 0 Å². The summed E-state index contributed by atoms with van der Waals surface area (Å²) in [6.07, 6.45) is 1.95. The molecule has 88 valence electrons. The van der Waals surface area contributed by atoms with Crippen LogP contribution in [0.5, 0.6) is 0 Å². The fraction of sp³-hybridized carbons (Fsp3) is 0.333. The highest BCUT2D eigenvalue weighted by Crippen LogP contribution is 2.06. The highest BCUT2D eigenvalue weighted by Gasteiger charge is 2.06. The summed E-state index contributed by atoms with van der Waals surface area (Å²) in [5.41, 5.74) is 0.764. The molecule has 0 amide bonds. The number of nitrogens with zero attached hydrogens (tertiary/aromatic N) is 4. The second kappa shape index (κ2) is 5.34. The van der Waals surface area contributed by atoms with E-state index >= 15 is 0 Å². The van der Waals surface area contributed by atoms with Gasteiger partial charge in [-0.2, -0.15) is 4.80 Å². The minimum absolute atomic E-state index is 0.162. The first kappa shape index (κ1) is 11.4. The van der Waals surface area contributed by atoms with E-state index in [4.69, 9.17) is 0 Å². The van der Waals surface area contributed by atoms with E-state index in [2.05, 4.69) is 15.4 Å². The number of aromatic nitrogens is 4. The molecule has 0 N–H and O–H groups in total. The maximum atomic E-state index is 11.8. The molecule has 1 heterocycles. The Morgan fingerprint density at radius 2 is 2.06 bits per heavy atom. The molecule has 0 atom stereocenters. The Bertz CT molecular complexity index is 492. The van der Waals surface area contributed by atoms with Crippen molar-refractivity contribution < 1.29 is 4.79 Å². The molecule has 0 unspecified atom stereocenters. The molecule has 0 aliphatic rings. The molecule has 17 heavy (non-hydrogen) atoms. The lowest BCUT2D eigenvalue weighted by atomic mass is 10.1. The first-order chi connectivity index (χ1) is 8.25. The number of benzene rings is 1. The highest BCUT2D eigenvalue weighted by atomic mass is 16.1. The molecule has 0 saturated carbocycles. The van der Waals surface area contributed by atoms with Gasteiger partial charge in [-0.1, -0.05) is 30.3 Å². The van der Waals surface area contributed by atoms with Crippen LogP contribution in [0.15, 0.2) is 30.3 Å². The molecule has 2 aromatic rings. The summed E-state index contributed by atoms with van der Waals surface area (Å²) in [6, 6.07) is 9.32. The second-order valence-corrected chi connectivity index (χ2v) is 3.84. The van der Waals surface area contributed by atoms with Crippen LogP contribution in [0.4, 0.5) is 0 Å². The summed E-state index contributed by atoms with van der Waals surface area (Å²) in [4.78, 5) is 13.2. The van der Waals surface area contributed by atoms with Gasteiger partial charge in [-0.3, -0.25) is 4.79 Å². The van der Waals surface area contributed by atoms with Crippen molar-refractivity contribution in [1.82, 2.24) is 20.2 Å². The molecule has 0 spiro atoms. The molecule has 1 aromatic heterocycles. The number of carbonyl (C=O) groups excluding carboxylic acids is 1. The highest BCUT2D eigenvalue weighted by molar-refractivity contribution is 5.95. The average molecular weight is 230 g/mol. The zero-order chi connectivity index (χ0) is 12.1. The number of rotatable bonds is 5.